The number of imidazole rings is 1. The van der Waals surface area contributed by atoms with Crippen molar-refractivity contribution in [2.24, 2.45) is 22.5 Å². The van der Waals surface area contributed by atoms with Gasteiger partial charge < -0.3 is 10.7 Å². The summed E-state index contributed by atoms with van der Waals surface area (Å²) in [5, 5.41) is 0. The van der Waals surface area contributed by atoms with E-state index in [-0.39, 0.29) is 0 Å². The fourth-order valence-electron chi connectivity index (χ4n) is 6.44. The number of nitrogens with two attached hydrogens (primary N) is 1. The van der Waals surface area contributed by atoms with Gasteiger partial charge in [-0.15, -0.1) is 0 Å². The van der Waals surface area contributed by atoms with Crippen molar-refractivity contribution in [3.63, 3.8) is 0 Å². The van der Waals surface area contributed by atoms with E-state index in [2.05, 4.69) is 18.8 Å². The van der Waals surface area contributed by atoms with Crippen LogP contribution in [0.5, 0.6) is 0 Å². The molecule has 3 nitrogen and oxygen atoms in total. The molecule has 0 aromatic carbocycles. The third-order valence-electron chi connectivity index (χ3n) is 5.98. The minimum atomic E-state index is 0.316. The first-order chi connectivity index (χ1) is 8.94. The molecule has 4 fully saturated rings. The van der Waals surface area contributed by atoms with Gasteiger partial charge in [0.2, 0.25) is 0 Å². The second-order valence-electron chi connectivity index (χ2n) is 8.37. The van der Waals surface area contributed by atoms with E-state index in [1.165, 1.54) is 44.3 Å². The van der Waals surface area contributed by atoms with Crippen LogP contribution < -0.4 is 5.73 Å². The maximum atomic E-state index is 5.74. The second kappa shape index (κ2) is 3.43. The van der Waals surface area contributed by atoms with Gasteiger partial charge >= 0.3 is 0 Å². The minimum Gasteiger partial charge on any atom is -0.344 e. The van der Waals surface area contributed by atoms with Gasteiger partial charge in [0.05, 0.1) is 0 Å². The molecule has 0 aliphatic heterocycles. The molecule has 1 aromatic rings. The van der Waals surface area contributed by atoms with Crippen LogP contribution in [0, 0.1) is 16.7 Å². The largest absolute Gasteiger partial charge is 0.344 e. The molecule has 0 spiro atoms. The van der Waals surface area contributed by atoms with Crippen LogP contribution in [0.2, 0.25) is 0 Å². The highest BCUT2D eigenvalue weighted by molar-refractivity contribution is 5.23. The number of rotatable bonds is 2. The van der Waals surface area contributed by atoms with Crippen molar-refractivity contribution in [3.8, 4) is 0 Å². The van der Waals surface area contributed by atoms with E-state index in [1.54, 1.807) is 0 Å². The first-order valence-corrected chi connectivity index (χ1v) is 7.69. The number of H-pyrrole nitrogens is 1. The van der Waals surface area contributed by atoms with Gasteiger partial charge in [-0.05, 0) is 55.3 Å². The molecule has 3 heteroatoms. The van der Waals surface area contributed by atoms with Gasteiger partial charge in [0.15, 0.2) is 0 Å². The molecule has 0 amide bonds. The van der Waals surface area contributed by atoms with Crippen LogP contribution in [0.15, 0.2) is 6.20 Å². The Balaban J connectivity index is 1.78. The van der Waals surface area contributed by atoms with Crippen LogP contribution in [-0.2, 0) is 12.0 Å². The van der Waals surface area contributed by atoms with E-state index in [4.69, 9.17) is 10.7 Å². The summed E-state index contributed by atoms with van der Waals surface area (Å²) >= 11 is 0. The Bertz CT molecular complexity index is 500. The van der Waals surface area contributed by atoms with Crippen molar-refractivity contribution in [3.05, 3.63) is 17.7 Å². The monoisotopic (exact) mass is 259 g/mol. The maximum Gasteiger partial charge on any atom is 0.112 e. The highest BCUT2D eigenvalue weighted by Gasteiger charge is 2.61. The predicted molar refractivity (Wildman–Crippen MR) is 75.6 cm³/mol. The van der Waals surface area contributed by atoms with E-state index < -0.39 is 0 Å². The van der Waals surface area contributed by atoms with Crippen LogP contribution in [0.3, 0.4) is 0 Å². The van der Waals surface area contributed by atoms with Crippen molar-refractivity contribution in [1.82, 2.24) is 9.97 Å². The fraction of sp³-hybridized carbons (Fsp3) is 0.812. The third kappa shape index (κ3) is 1.63. The van der Waals surface area contributed by atoms with Gasteiger partial charge in [0.25, 0.3) is 0 Å². The zero-order valence-electron chi connectivity index (χ0n) is 12.1. The summed E-state index contributed by atoms with van der Waals surface area (Å²) in [5.41, 5.74) is 8.23. The van der Waals surface area contributed by atoms with Crippen LogP contribution >= 0.6 is 0 Å². The molecule has 0 saturated heterocycles. The van der Waals surface area contributed by atoms with Crippen molar-refractivity contribution in [1.29, 1.82) is 0 Å². The first-order valence-electron chi connectivity index (χ1n) is 7.69. The lowest BCUT2D eigenvalue weighted by Crippen LogP contribution is -2.57. The third-order valence-corrected chi connectivity index (χ3v) is 5.98. The normalized spacial score (nSPS) is 47.8. The van der Waals surface area contributed by atoms with Crippen LogP contribution in [0.1, 0.15) is 63.9 Å². The molecule has 19 heavy (non-hydrogen) atoms. The molecule has 1 aromatic heterocycles. The summed E-state index contributed by atoms with van der Waals surface area (Å²) in [6.07, 6.45) is 10.2. The average molecular weight is 259 g/mol. The summed E-state index contributed by atoms with van der Waals surface area (Å²) in [6.45, 7) is 5.59. The zero-order valence-corrected chi connectivity index (χ0v) is 12.1. The number of nitrogens with zero attached hydrogens (tertiary/aromatic N) is 1. The molecule has 4 saturated carbocycles. The van der Waals surface area contributed by atoms with E-state index in [9.17, 15) is 0 Å². The second-order valence-corrected chi connectivity index (χ2v) is 8.37. The molecular formula is C16H25N3. The lowest BCUT2D eigenvalue weighted by atomic mass is 9.40. The smallest absolute Gasteiger partial charge is 0.112 e. The lowest BCUT2D eigenvalue weighted by molar-refractivity contribution is -0.112. The topological polar surface area (TPSA) is 54.7 Å². The molecule has 4 aliphatic carbocycles. The summed E-state index contributed by atoms with van der Waals surface area (Å²) in [5.74, 6) is 2.15. The van der Waals surface area contributed by atoms with Crippen LogP contribution in [0.25, 0.3) is 0 Å². The standard InChI is InChI=1S/C16H25N3/c1-14-3-11-4-15(2,8-14)10-16(5-11,9-14)13-18-7-12(6-17)19-13/h7,11H,3-6,8-10,17H2,1-2H3,(H,18,19). The fourth-order valence-corrected chi connectivity index (χ4v) is 6.44. The zero-order chi connectivity index (χ0) is 13.3. The highest BCUT2D eigenvalue weighted by atomic mass is 15.0. The predicted octanol–water partition coefficient (Wildman–Crippen LogP) is 3.12. The molecule has 2 unspecified atom stereocenters. The SMILES string of the molecule is CC12CC3CC(C)(C1)CC(c1ncc(CN)[nH]1)(C3)C2. The van der Waals surface area contributed by atoms with Crippen LogP contribution in [-0.4, -0.2) is 9.97 Å². The van der Waals surface area contributed by atoms with Crippen LogP contribution in [0.4, 0.5) is 0 Å². The van der Waals surface area contributed by atoms with Gasteiger partial charge in [-0.1, -0.05) is 13.8 Å². The molecule has 0 radical (unpaired) electrons. The van der Waals surface area contributed by atoms with E-state index in [1.807, 2.05) is 6.20 Å². The number of hydrogen-bond donors (Lipinski definition) is 2. The minimum absolute atomic E-state index is 0.316. The Labute approximate surface area is 115 Å². The number of aromatic amines is 1. The van der Waals surface area contributed by atoms with Crippen molar-refractivity contribution in [2.75, 3.05) is 0 Å². The Morgan fingerprint density at radius 3 is 2.42 bits per heavy atom. The molecule has 5 rings (SSSR count). The van der Waals surface area contributed by atoms with Crippen molar-refractivity contribution in [2.45, 2.75) is 64.3 Å². The Hall–Kier alpha value is -0.830. The quantitative estimate of drug-likeness (QED) is 0.857. The van der Waals surface area contributed by atoms with E-state index in [0.717, 1.165) is 11.6 Å². The molecular weight excluding hydrogens is 234 g/mol. The Morgan fingerprint density at radius 1 is 1.21 bits per heavy atom. The van der Waals surface area contributed by atoms with Gasteiger partial charge in [-0.3, -0.25) is 0 Å². The molecule has 1 heterocycles. The molecule has 2 atom stereocenters. The average Bonchev–Trinajstić information content (AvgIpc) is 2.72. The number of nitrogens with one attached hydrogen (secondary N) is 1. The molecule has 3 N–H and O–H groups in total. The number of hydrogen-bond acceptors (Lipinski definition) is 2. The van der Waals surface area contributed by atoms with Crippen molar-refractivity contribution >= 4 is 0 Å². The highest BCUT2D eigenvalue weighted by Crippen LogP contribution is 2.69. The molecule has 4 aliphatic rings. The first kappa shape index (κ1) is 12.0. The Kier molecular flexibility index (Phi) is 2.16. The number of aromatic nitrogens is 2. The van der Waals surface area contributed by atoms with Gasteiger partial charge in [0.1, 0.15) is 5.82 Å². The van der Waals surface area contributed by atoms with Crippen molar-refractivity contribution < 1.29 is 0 Å². The van der Waals surface area contributed by atoms with E-state index >= 15 is 0 Å². The maximum absolute atomic E-state index is 5.74. The summed E-state index contributed by atoms with van der Waals surface area (Å²) in [4.78, 5) is 8.22. The Morgan fingerprint density at radius 2 is 1.89 bits per heavy atom. The molecule has 104 valence electrons. The summed E-state index contributed by atoms with van der Waals surface area (Å²) in [6, 6.07) is 0. The molecule has 4 bridgehead atoms. The summed E-state index contributed by atoms with van der Waals surface area (Å²) < 4.78 is 0. The summed E-state index contributed by atoms with van der Waals surface area (Å²) in [7, 11) is 0. The lowest BCUT2D eigenvalue weighted by Gasteiger charge is -2.64. The van der Waals surface area contributed by atoms with Gasteiger partial charge in [0, 0.05) is 23.9 Å². The van der Waals surface area contributed by atoms with Gasteiger partial charge in [-0.2, -0.15) is 0 Å². The van der Waals surface area contributed by atoms with E-state index in [0.29, 0.717) is 22.8 Å². The van der Waals surface area contributed by atoms with Gasteiger partial charge in [-0.25, -0.2) is 4.98 Å².